The Morgan fingerprint density at radius 1 is 1.31 bits per heavy atom. The maximum atomic E-state index is 14.4. The highest BCUT2D eigenvalue weighted by atomic mass is 19.4. The van der Waals surface area contributed by atoms with E-state index in [1.807, 2.05) is 13.8 Å². The van der Waals surface area contributed by atoms with Crippen LogP contribution in [0.5, 0.6) is 5.75 Å². The largest absolute Gasteiger partial charge is 0.573 e. The highest BCUT2D eigenvalue weighted by Crippen LogP contribution is 2.60. The van der Waals surface area contributed by atoms with Crippen molar-refractivity contribution >= 4 is 5.82 Å². The molecule has 3 saturated carbocycles. The molecule has 0 spiro atoms. The first-order valence-corrected chi connectivity index (χ1v) is 9.43. The standard InChI is InChI=1S/C19H22F4N4O2/c1-9(2)15(28)17-26-12(8-27(17)13-6-18(20)4-11(13)5-18)10-3-14(16(24)25-7-10)29-19(21,22)23/h3,7-9,11,13,15,28H,4-6H2,1-2H3,(H2,24,25)/t11?,13?,15-,18?/m0/s1. The Morgan fingerprint density at radius 2 is 2.00 bits per heavy atom. The SMILES string of the molecule is CC(C)[C@H](O)c1nc(-c2cnc(N)c(OC(F)(F)F)c2)cn1C1CC2(F)CC1C2. The Kier molecular flexibility index (Phi) is 4.52. The maximum Gasteiger partial charge on any atom is 0.573 e. The number of nitrogen functional groups attached to an aromatic ring is 1. The highest BCUT2D eigenvalue weighted by Gasteiger charge is 2.58. The molecule has 0 saturated heterocycles. The topological polar surface area (TPSA) is 86.2 Å². The minimum atomic E-state index is -4.91. The zero-order valence-electron chi connectivity index (χ0n) is 15.9. The number of alkyl halides is 4. The average Bonchev–Trinajstić information content (AvgIpc) is 3.24. The molecule has 0 amide bonds. The molecule has 3 aliphatic rings. The van der Waals surface area contributed by atoms with Crippen molar-refractivity contribution in [1.82, 2.24) is 14.5 Å². The van der Waals surface area contributed by atoms with Crippen LogP contribution in [-0.2, 0) is 0 Å². The van der Waals surface area contributed by atoms with Gasteiger partial charge in [-0.25, -0.2) is 14.4 Å². The first-order chi connectivity index (χ1) is 13.5. The molecule has 0 aliphatic heterocycles. The molecule has 3 N–H and O–H groups in total. The predicted molar refractivity (Wildman–Crippen MR) is 96.6 cm³/mol. The molecule has 2 bridgehead atoms. The van der Waals surface area contributed by atoms with Gasteiger partial charge in [0.2, 0.25) is 0 Å². The molecular formula is C19H22F4N4O2. The summed E-state index contributed by atoms with van der Waals surface area (Å²) in [6.45, 7) is 3.66. The van der Waals surface area contributed by atoms with Crippen LogP contribution in [0.1, 0.15) is 51.1 Å². The van der Waals surface area contributed by atoms with Gasteiger partial charge in [-0.2, -0.15) is 0 Å². The summed E-state index contributed by atoms with van der Waals surface area (Å²) in [5.74, 6) is -0.640. The highest BCUT2D eigenvalue weighted by molar-refractivity contribution is 5.64. The molecular weight excluding hydrogens is 392 g/mol. The smallest absolute Gasteiger partial charge is 0.402 e. The number of anilines is 1. The third-order valence-corrected chi connectivity index (χ3v) is 5.79. The number of pyridine rings is 1. The van der Waals surface area contributed by atoms with Crippen LogP contribution < -0.4 is 10.5 Å². The summed E-state index contributed by atoms with van der Waals surface area (Å²) in [6, 6.07) is 0.969. The summed E-state index contributed by atoms with van der Waals surface area (Å²) >= 11 is 0. The van der Waals surface area contributed by atoms with Crippen LogP contribution in [0, 0.1) is 11.8 Å². The lowest BCUT2D eigenvalue weighted by Gasteiger charge is -2.30. The molecule has 0 radical (unpaired) electrons. The van der Waals surface area contributed by atoms with Gasteiger partial charge in [-0.3, -0.25) is 0 Å². The van der Waals surface area contributed by atoms with Crippen molar-refractivity contribution in [1.29, 1.82) is 0 Å². The lowest BCUT2D eigenvalue weighted by Crippen LogP contribution is -2.30. The van der Waals surface area contributed by atoms with Crippen LogP contribution in [0.4, 0.5) is 23.4 Å². The minimum Gasteiger partial charge on any atom is -0.402 e. The number of aliphatic hydroxyl groups is 1. The lowest BCUT2D eigenvalue weighted by molar-refractivity contribution is -0.274. The molecule has 1 unspecified atom stereocenters. The van der Waals surface area contributed by atoms with Crippen molar-refractivity contribution in [2.45, 2.75) is 57.3 Å². The van der Waals surface area contributed by atoms with E-state index in [2.05, 4.69) is 14.7 Å². The second-order valence-corrected chi connectivity index (χ2v) is 8.33. The van der Waals surface area contributed by atoms with Gasteiger partial charge in [0.15, 0.2) is 11.6 Å². The summed E-state index contributed by atoms with van der Waals surface area (Å²) in [7, 11) is 0. The van der Waals surface area contributed by atoms with E-state index in [4.69, 9.17) is 5.73 Å². The summed E-state index contributed by atoms with van der Waals surface area (Å²) < 4.78 is 58.0. The number of nitrogens with two attached hydrogens (primary N) is 1. The Hall–Kier alpha value is -2.36. The zero-order valence-corrected chi connectivity index (χ0v) is 15.9. The van der Waals surface area contributed by atoms with Gasteiger partial charge in [0.1, 0.15) is 17.6 Å². The molecule has 10 heteroatoms. The fraction of sp³-hybridized carbons (Fsp3) is 0.579. The molecule has 3 fully saturated rings. The lowest BCUT2D eigenvalue weighted by atomic mass is 9.81. The third kappa shape index (κ3) is 3.65. The van der Waals surface area contributed by atoms with Crippen molar-refractivity contribution in [2.75, 3.05) is 5.73 Å². The van der Waals surface area contributed by atoms with Crippen molar-refractivity contribution in [3.8, 4) is 17.0 Å². The van der Waals surface area contributed by atoms with Gasteiger partial charge in [-0.1, -0.05) is 13.8 Å². The van der Waals surface area contributed by atoms with E-state index in [0.717, 1.165) is 6.07 Å². The van der Waals surface area contributed by atoms with Crippen molar-refractivity contribution < 1.29 is 27.4 Å². The quantitative estimate of drug-likeness (QED) is 0.717. The summed E-state index contributed by atoms with van der Waals surface area (Å²) in [5, 5.41) is 10.6. The van der Waals surface area contributed by atoms with Crippen LogP contribution in [-0.4, -0.2) is 31.7 Å². The van der Waals surface area contributed by atoms with Gasteiger partial charge in [-0.15, -0.1) is 13.2 Å². The van der Waals surface area contributed by atoms with Gasteiger partial charge >= 0.3 is 6.36 Å². The number of imidazole rings is 1. The second-order valence-electron chi connectivity index (χ2n) is 8.33. The number of halogens is 4. The summed E-state index contributed by atoms with van der Waals surface area (Å²) in [4.78, 5) is 8.23. The van der Waals surface area contributed by atoms with Crippen LogP contribution in [0.2, 0.25) is 0 Å². The van der Waals surface area contributed by atoms with Crippen molar-refractivity contribution in [3.05, 3.63) is 24.3 Å². The number of nitrogens with zero attached hydrogens (tertiary/aromatic N) is 3. The molecule has 3 aliphatic carbocycles. The fourth-order valence-corrected chi connectivity index (χ4v) is 4.32. The number of hydrogen-bond donors (Lipinski definition) is 2. The van der Waals surface area contributed by atoms with E-state index in [1.165, 1.54) is 6.20 Å². The van der Waals surface area contributed by atoms with Crippen molar-refractivity contribution in [3.63, 3.8) is 0 Å². The average molecular weight is 414 g/mol. The molecule has 2 atom stereocenters. The summed E-state index contributed by atoms with van der Waals surface area (Å²) in [5.41, 5.74) is 4.90. The first kappa shape index (κ1) is 19.9. The first-order valence-electron chi connectivity index (χ1n) is 9.43. The van der Waals surface area contributed by atoms with Gasteiger partial charge < -0.3 is 20.1 Å². The number of fused-ring (bicyclic) bond motifs is 1. The van der Waals surface area contributed by atoms with Gasteiger partial charge in [0.25, 0.3) is 0 Å². The molecule has 6 nitrogen and oxygen atoms in total. The molecule has 2 heterocycles. The monoisotopic (exact) mass is 414 g/mol. The van der Waals surface area contributed by atoms with Gasteiger partial charge in [0, 0.05) is 30.4 Å². The maximum absolute atomic E-state index is 14.4. The van der Waals surface area contributed by atoms with E-state index >= 15 is 0 Å². The number of hydrogen-bond acceptors (Lipinski definition) is 5. The normalized spacial score (nSPS) is 27.2. The second kappa shape index (κ2) is 6.58. The third-order valence-electron chi connectivity index (χ3n) is 5.79. The minimum absolute atomic E-state index is 0.141. The van der Waals surface area contributed by atoms with Gasteiger partial charge in [-0.05, 0) is 30.7 Å². The number of aromatic nitrogens is 3. The Morgan fingerprint density at radius 3 is 2.55 bits per heavy atom. The molecule has 29 heavy (non-hydrogen) atoms. The number of ether oxygens (including phenoxy) is 1. The van der Waals surface area contributed by atoms with E-state index in [0.29, 0.717) is 30.8 Å². The van der Waals surface area contributed by atoms with Crippen LogP contribution in [0.25, 0.3) is 11.3 Å². The van der Waals surface area contributed by atoms with Crippen molar-refractivity contribution in [2.24, 2.45) is 11.8 Å². The Balaban J connectivity index is 1.73. The van der Waals surface area contributed by atoms with E-state index in [1.54, 1.807) is 10.8 Å². The predicted octanol–water partition coefficient (Wildman–Crippen LogP) is 4.18. The van der Waals surface area contributed by atoms with Crippen LogP contribution in [0.15, 0.2) is 18.5 Å². The van der Waals surface area contributed by atoms with Crippen LogP contribution >= 0.6 is 0 Å². The summed E-state index contributed by atoms with van der Waals surface area (Å²) in [6.07, 6.45) is -1.57. The number of aliphatic hydroxyl groups excluding tert-OH is 1. The zero-order chi connectivity index (χ0) is 21.1. The molecule has 2 aromatic heterocycles. The van der Waals surface area contributed by atoms with Crippen LogP contribution in [0.3, 0.4) is 0 Å². The molecule has 0 aromatic carbocycles. The molecule has 5 rings (SSSR count). The molecule has 2 aromatic rings. The Bertz CT molecular complexity index is 921. The van der Waals surface area contributed by atoms with Gasteiger partial charge in [0.05, 0.1) is 5.69 Å². The Labute approximate surface area is 164 Å². The van der Waals surface area contributed by atoms with E-state index in [9.17, 15) is 22.7 Å². The van der Waals surface area contributed by atoms with E-state index in [-0.39, 0.29) is 23.4 Å². The fourth-order valence-electron chi connectivity index (χ4n) is 4.32. The molecule has 158 valence electrons. The number of rotatable bonds is 5. The van der Waals surface area contributed by atoms with E-state index < -0.39 is 29.7 Å².